The monoisotopic (exact) mass is 945 g/mol. The molecule has 5 fully saturated rings. The van der Waals surface area contributed by atoms with E-state index in [4.69, 9.17) is 24.2 Å². The molecule has 4 saturated heterocycles. The summed E-state index contributed by atoms with van der Waals surface area (Å²) in [6.07, 6.45) is 2.28. The van der Waals surface area contributed by atoms with E-state index in [1.165, 1.54) is 13.2 Å². The predicted octanol–water partition coefficient (Wildman–Crippen LogP) is 11.2. The van der Waals surface area contributed by atoms with Crippen molar-refractivity contribution < 1.29 is 41.0 Å². The van der Waals surface area contributed by atoms with Gasteiger partial charge in [0.1, 0.15) is 43.8 Å². The van der Waals surface area contributed by atoms with Gasteiger partial charge in [0.2, 0.25) is 11.8 Å². The number of anilines is 1. The molecule has 4 aliphatic heterocycles. The number of amides is 1. The van der Waals surface area contributed by atoms with Crippen LogP contribution in [0, 0.1) is 29.0 Å². The van der Waals surface area contributed by atoms with Crippen LogP contribution in [0.5, 0.6) is 11.8 Å². The van der Waals surface area contributed by atoms with Crippen molar-refractivity contribution in [3.05, 3.63) is 53.6 Å². The molecular formula is C52H64F5N5O4Si. The summed E-state index contributed by atoms with van der Waals surface area (Å²) in [4.78, 5) is 29.8. The first-order chi connectivity index (χ1) is 31.9. The zero-order chi connectivity index (χ0) is 47.6. The Balaban J connectivity index is 1.17. The fourth-order valence-electron chi connectivity index (χ4n) is 12.8. The Labute approximate surface area is 392 Å². The minimum absolute atomic E-state index is 0.00620. The van der Waals surface area contributed by atoms with Gasteiger partial charge in [-0.25, -0.2) is 22.0 Å². The summed E-state index contributed by atoms with van der Waals surface area (Å²) in [5.41, 5.74) is 4.75. The van der Waals surface area contributed by atoms with Gasteiger partial charge in [-0.15, -0.1) is 5.54 Å². The van der Waals surface area contributed by atoms with E-state index in [1.807, 2.05) is 4.90 Å². The fourth-order valence-corrected chi connectivity index (χ4v) is 18.0. The summed E-state index contributed by atoms with van der Waals surface area (Å²) in [6.45, 7) is 15.2. The van der Waals surface area contributed by atoms with Gasteiger partial charge in [-0.3, -0.25) is 9.69 Å². The zero-order valence-corrected chi connectivity index (χ0v) is 40.9. The number of hydrogen-bond acceptors (Lipinski definition) is 8. The van der Waals surface area contributed by atoms with Crippen LogP contribution in [0.3, 0.4) is 0 Å². The number of carbonyl (C=O) groups is 1. The lowest BCUT2D eigenvalue weighted by Crippen LogP contribution is -2.57. The summed E-state index contributed by atoms with van der Waals surface area (Å²) in [6, 6.07) is 9.56. The van der Waals surface area contributed by atoms with E-state index in [-0.39, 0.29) is 79.7 Å². The van der Waals surface area contributed by atoms with Gasteiger partial charge < -0.3 is 24.0 Å². The minimum atomic E-state index is -2.73. The summed E-state index contributed by atoms with van der Waals surface area (Å²) in [7, 11) is -0.825. The number of rotatable bonds is 12. The Morgan fingerprint density at radius 1 is 0.881 bits per heavy atom. The SMILES string of the molecule is COCOc1cc(-c2ccc3c(N4CC5CCC(C4)N5C(=O)C4CCC(F)(F)CC4)nc(OC[C@@]45CCCN4C[C@H](F)C5)nc3c2F)c2c(C#C[Si](C(C)C)(C(C)C)C(C)C)c(F)ccc2c1. The second-order valence-electron chi connectivity index (χ2n) is 20.9. The molecule has 5 heterocycles. The van der Waals surface area contributed by atoms with Crippen LogP contribution in [0.15, 0.2) is 36.4 Å². The van der Waals surface area contributed by atoms with Gasteiger partial charge in [-0.2, -0.15) is 9.97 Å². The molecule has 2 unspecified atom stereocenters. The molecule has 1 amide bonds. The molecule has 1 saturated carbocycles. The van der Waals surface area contributed by atoms with Crippen LogP contribution in [-0.4, -0.2) is 110 Å². The highest BCUT2D eigenvalue weighted by molar-refractivity contribution is 6.90. The molecule has 4 atom stereocenters. The second-order valence-corrected chi connectivity index (χ2v) is 26.5. The number of carbonyl (C=O) groups excluding carboxylic acids is 1. The van der Waals surface area contributed by atoms with Gasteiger partial charge in [0.15, 0.2) is 12.6 Å². The number of methoxy groups -OCH3 is 1. The van der Waals surface area contributed by atoms with Crippen molar-refractivity contribution in [2.45, 2.75) is 146 Å². The molecule has 15 heteroatoms. The van der Waals surface area contributed by atoms with Gasteiger partial charge >= 0.3 is 6.01 Å². The first kappa shape index (κ1) is 47.5. The zero-order valence-electron chi connectivity index (χ0n) is 39.9. The van der Waals surface area contributed by atoms with E-state index in [9.17, 15) is 18.0 Å². The van der Waals surface area contributed by atoms with E-state index >= 15 is 8.78 Å². The molecule has 360 valence electrons. The maximum absolute atomic E-state index is 18.0. The van der Waals surface area contributed by atoms with Crippen molar-refractivity contribution in [1.82, 2.24) is 19.8 Å². The molecule has 0 spiro atoms. The molecule has 67 heavy (non-hydrogen) atoms. The average molecular weight is 946 g/mol. The number of nitrogens with zero attached hydrogens (tertiary/aromatic N) is 5. The number of alkyl halides is 3. The molecule has 0 N–H and O–H groups in total. The van der Waals surface area contributed by atoms with Crippen LogP contribution < -0.4 is 14.4 Å². The Kier molecular flexibility index (Phi) is 13.1. The van der Waals surface area contributed by atoms with Crippen LogP contribution in [0.1, 0.15) is 105 Å². The van der Waals surface area contributed by atoms with Crippen molar-refractivity contribution in [2.75, 3.05) is 51.6 Å². The molecule has 5 aliphatic rings. The first-order valence-corrected chi connectivity index (χ1v) is 26.6. The lowest BCUT2D eigenvalue weighted by atomic mass is 9.85. The maximum atomic E-state index is 18.0. The molecule has 1 aliphatic carbocycles. The first-order valence-electron chi connectivity index (χ1n) is 24.3. The third-order valence-corrected chi connectivity index (χ3v) is 22.3. The van der Waals surface area contributed by atoms with Gasteiger partial charge in [-0.1, -0.05) is 59.6 Å². The van der Waals surface area contributed by atoms with E-state index < -0.39 is 43.3 Å². The molecule has 3 aromatic carbocycles. The number of benzene rings is 3. The van der Waals surface area contributed by atoms with Gasteiger partial charge in [-0.05, 0) is 96.9 Å². The minimum Gasteiger partial charge on any atom is -0.468 e. The Morgan fingerprint density at radius 3 is 2.25 bits per heavy atom. The smallest absolute Gasteiger partial charge is 0.319 e. The Hall–Kier alpha value is -4.52. The Morgan fingerprint density at radius 2 is 1.58 bits per heavy atom. The van der Waals surface area contributed by atoms with Crippen molar-refractivity contribution in [2.24, 2.45) is 5.92 Å². The number of piperazine rings is 1. The summed E-state index contributed by atoms with van der Waals surface area (Å²) in [5, 5.41) is 1.48. The van der Waals surface area contributed by atoms with Crippen LogP contribution in [0.25, 0.3) is 32.8 Å². The van der Waals surface area contributed by atoms with E-state index in [1.54, 1.807) is 30.3 Å². The molecule has 1 aromatic heterocycles. The van der Waals surface area contributed by atoms with Crippen LogP contribution in [0.2, 0.25) is 16.6 Å². The highest BCUT2D eigenvalue weighted by atomic mass is 28.3. The lowest BCUT2D eigenvalue weighted by molar-refractivity contribution is -0.143. The molecule has 9 nitrogen and oxygen atoms in total. The summed E-state index contributed by atoms with van der Waals surface area (Å²) in [5.74, 6) is -0.229. The number of halogens is 5. The van der Waals surface area contributed by atoms with Crippen molar-refractivity contribution in [3.63, 3.8) is 0 Å². The summed E-state index contributed by atoms with van der Waals surface area (Å²) >= 11 is 0. The lowest BCUT2D eigenvalue weighted by Gasteiger charge is -2.44. The topological polar surface area (TPSA) is 80.3 Å². The fraction of sp³-hybridized carbons (Fsp3) is 0.596. The quantitative estimate of drug-likeness (QED) is 0.0601. The van der Waals surface area contributed by atoms with E-state index in [0.717, 1.165) is 32.2 Å². The number of hydrogen-bond donors (Lipinski definition) is 0. The molecular weight excluding hydrogens is 882 g/mol. The van der Waals surface area contributed by atoms with Crippen LogP contribution in [0.4, 0.5) is 27.8 Å². The van der Waals surface area contributed by atoms with Crippen molar-refractivity contribution in [3.8, 4) is 34.4 Å². The second kappa shape index (κ2) is 18.4. The van der Waals surface area contributed by atoms with E-state index in [0.29, 0.717) is 76.0 Å². The van der Waals surface area contributed by atoms with Crippen LogP contribution in [-0.2, 0) is 9.53 Å². The maximum Gasteiger partial charge on any atom is 0.319 e. The highest BCUT2D eigenvalue weighted by Gasteiger charge is 2.50. The average Bonchev–Trinajstić information content (AvgIpc) is 3.91. The van der Waals surface area contributed by atoms with Crippen molar-refractivity contribution in [1.29, 1.82) is 0 Å². The third kappa shape index (κ3) is 8.66. The Bertz CT molecular complexity index is 2560. The number of aromatic nitrogens is 2. The van der Waals surface area contributed by atoms with Gasteiger partial charge in [0.05, 0.1) is 11.1 Å². The highest BCUT2D eigenvalue weighted by Crippen LogP contribution is 2.46. The van der Waals surface area contributed by atoms with Crippen LogP contribution >= 0.6 is 0 Å². The molecule has 4 aromatic rings. The number of fused-ring (bicyclic) bond motifs is 5. The largest absolute Gasteiger partial charge is 0.468 e. The third-order valence-electron chi connectivity index (χ3n) is 16.0. The van der Waals surface area contributed by atoms with Crippen molar-refractivity contribution >= 4 is 41.5 Å². The van der Waals surface area contributed by atoms with Gasteiger partial charge in [0, 0.05) is 80.3 Å². The normalized spacial score (nSPS) is 24.3. The van der Waals surface area contributed by atoms with E-state index in [2.05, 4.69) is 62.8 Å². The van der Waals surface area contributed by atoms with Gasteiger partial charge in [0.25, 0.3) is 0 Å². The molecule has 9 rings (SSSR count). The predicted molar refractivity (Wildman–Crippen MR) is 254 cm³/mol. The molecule has 0 radical (unpaired) electrons. The number of ether oxygens (including phenoxy) is 3. The summed E-state index contributed by atoms with van der Waals surface area (Å²) < 4.78 is 95.2. The standard InChI is InChI=1S/C52H64F5N5O4Si/c1-31(2)67(32(3)4,33(5)6)22-17-41-44(54)14-9-35-23-39(66-30-64-7)24-43(45(35)41)40-12-13-42-47(46(40)55)58-50(65-29-51-18-8-21-61(51)26-36(53)25-51)59-48(42)60-27-37-10-11-38(28-60)62(37)49(63)34-15-19-52(56,57)20-16-34/h9,12-14,23-24,31-34,36-38H,8,10-11,15-16,18-21,25-30H2,1-7H3/t36-,37?,38?,51+/m1/s1. The molecule has 2 bridgehead atoms.